The van der Waals surface area contributed by atoms with E-state index in [1.165, 1.54) is 0 Å². The molecule has 304 valence electrons. The Hall–Kier alpha value is -5.08. The number of aromatic nitrogens is 5. The topological polar surface area (TPSA) is 147 Å². The van der Waals surface area contributed by atoms with E-state index in [0.29, 0.717) is 38.8 Å². The van der Waals surface area contributed by atoms with Gasteiger partial charge in [0.25, 0.3) is 0 Å². The Kier molecular flexibility index (Phi) is 12.2. The van der Waals surface area contributed by atoms with E-state index in [1.54, 1.807) is 11.2 Å². The molecule has 14 heteroatoms. The van der Waals surface area contributed by atoms with Crippen LogP contribution in [-0.2, 0) is 28.2 Å². The molecular weight excluding hydrogens is 739 g/mol. The van der Waals surface area contributed by atoms with Crippen LogP contribution in [0.15, 0.2) is 59.4 Å². The maximum atomic E-state index is 12.8. The van der Waals surface area contributed by atoms with Crippen molar-refractivity contribution in [1.29, 1.82) is 0 Å². The van der Waals surface area contributed by atoms with Crippen LogP contribution in [0.25, 0.3) is 33.5 Å². The van der Waals surface area contributed by atoms with Crippen LogP contribution >= 0.6 is 0 Å². The molecular formula is C43H57N7O6Si. The first-order chi connectivity index (χ1) is 26.8. The van der Waals surface area contributed by atoms with Crippen molar-refractivity contribution in [2.45, 2.75) is 117 Å². The van der Waals surface area contributed by atoms with E-state index in [2.05, 4.69) is 63.9 Å². The Morgan fingerprint density at radius 3 is 2.28 bits per heavy atom. The van der Waals surface area contributed by atoms with Crippen molar-refractivity contribution in [2.24, 2.45) is 0 Å². The number of benzene rings is 2. The van der Waals surface area contributed by atoms with Gasteiger partial charge in [0.05, 0.1) is 11.4 Å². The number of aryl methyl sites for hydroxylation is 1. The van der Waals surface area contributed by atoms with Crippen LogP contribution in [0.4, 0.5) is 4.79 Å². The molecule has 3 aromatic heterocycles. The van der Waals surface area contributed by atoms with Crippen LogP contribution < -0.4 is 10.1 Å². The number of fused-ring (bicyclic) bond motifs is 1. The van der Waals surface area contributed by atoms with Gasteiger partial charge in [-0.15, -0.1) is 0 Å². The van der Waals surface area contributed by atoms with E-state index in [9.17, 15) is 9.59 Å². The second kappa shape index (κ2) is 16.8. The number of carbonyl (C=O) groups is 2. The van der Waals surface area contributed by atoms with E-state index in [0.717, 1.165) is 69.3 Å². The lowest BCUT2D eigenvalue weighted by Crippen LogP contribution is -2.44. The average molecular weight is 796 g/mol. The van der Waals surface area contributed by atoms with Gasteiger partial charge < -0.3 is 33.5 Å². The smallest absolute Gasteiger partial charge is 0.410 e. The van der Waals surface area contributed by atoms with Gasteiger partial charge in [-0.25, -0.2) is 14.8 Å². The maximum Gasteiger partial charge on any atom is 0.410 e. The van der Waals surface area contributed by atoms with Crippen molar-refractivity contribution < 1.29 is 28.3 Å². The number of carbonyl (C=O) groups excluding carboxylic acids is 2. The van der Waals surface area contributed by atoms with Crippen LogP contribution in [0.3, 0.4) is 0 Å². The Morgan fingerprint density at radius 2 is 1.65 bits per heavy atom. The third kappa shape index (κ3) is 10.7. The van der Waals surface area contributed by atoms with Gasteiger partial charge in [0, 0.05) is 63.5 Å². The molecule has 0 spiro atoms. The summed E-state index contributed by atoms with van der Waals surface area (Å²) in [4.78, 5) is 40.9. The fourth-order valence-corrected chi connectivity index (χ4v) is 7.25. The Bertz CT molecular complexity index is 2190. The first-order valence-corrected chi connectivity index (χ1v) is 23.4. The zero-order valence-electron chi connectivity index (χ0n) is 35.1. The summed E-state index contributed by atoms with van der Waals surface area (Å²) >= 11 is 0. The molecule has 13 nitrogen and oxygen atoms in total. The predicted octanol–water partition coefficient (Wildman–Crippen LogP) is 8.77. The fraction of sp³-hybridized carbons (Fsp3) is 0.488. The Labute approximate surface area is 336 Å². The summed E-state index contributed by atoms with van der Waals surface area (Å²) in [5.41, 5.74) is 5.59. The Morgan fingerprint density at radius 1 is 0.947 bits per heavy atom. The first-order valence-electron chi connectivity index (χ1n) is 19.7. The average Bonchev–Trinajstić information content (AvgIpc) is 3.79. The molecule has 0 unspecified atom stereocenters. The molecule has 0 aliphatic carbocycles. The number of amides is 2. The SMILES string of the molecule is Cc1cc(-c2ncnc3c2cc(-c2ccc(OC4CCN(C(=O)OC(C)(C)C)CC4)cc2)n3COCC[Si](C)(C)C)ccc1CNC(=O)c1nc(C(C)(C)C)no1. The summed E-state index contributed by atoms with van der Waals surface area (Å²) in [5, 5.41) is 7.78. The number of hydrogen-bond donors (Lipinski definition) is 1. The van der Waals surface area contributed by atoms with E-state index in [-0.39, 0.29) is 23.5 Å². The standard InChI is InChI=1S/C43H57N7O6Si/c1-28-23-30(11-12-31(28)25-44-38(51)39-47-40(48-56-39)42(2,3)4)36-34-24-35(50(37(34)46-26-45-36)27-53-21-22-57(8,9)10)29-13-15-32(16-14-29)54-33-17-19-49(20-18-33)41(52)55-43(5,6)7/h11-16,23-24,26,33H,17-22,25,27H2,1-10H3,(H,44,51). The summed E-state index contributed by atoms with van der Waals surface area (Å²) < 4.78 is 25.6. The molecule has 2 aromatic carbocycles. The number of piperidine rings is 1. The summed E-state index contributed by atoms with van der Waals surface area (Å²) in [7, 11) is -1.29. The van der Waals surface area contributed by atoms with Gasteiger partial charge in [-0.3, -0.25) is 4.79 Å². The van der Waals surface area contributed by atoms with Crippen molar-refractivity contribution in [1.82, 2.24) is 34.9 Å². The highest BCUT2D eigenvalue weighted by Gasteiger charge is 2.28. The summed E-state index contributed by atoms with van der Waals surface area (Å²) in [6, 6.07) is 17.4. The molecule has 1 aliphatic rings. The van der Waals surface area contributed by atoms with Gasteiger partial charge in [0.1, 0.15) is 36.2 Å². The maximum absolute atomic E-state index is 12.8. The third-order valence-electron chi connectivity index (χ3n) is 9.80. The number of nitrogens with one attached hydrogen (secondary N) is 1. The van der Waals surface area contributed by atoms with E-state index < -0.39 is 19.6 Å². The minimum absolute atomic E-state index is 0.0108. The number of rotatable bonds is 12. The van der Waals surface area contributed by atoms with Gasteiger partial charge in [-0.1, -0.05) is 57.7 Å². The molecule has 57 heavy (non-hydrogen) atoms. The molecule has 5 aromatic rings. The van der Waals surface area contributed by atoms with Crippen LogP contribution in [0.1, 0.15) is 82.0 Å². The van der Waals surface area contributed by atoms with Gasteiger partial charge >= 0.3 is 17.9 Å². The lowest BCUT2D eigenvalue weighted by Gasteiger charge is -2.33. The molecule has 0 bridgehead atoms. The van der Waals surface area contributed by atoms with E-state index >= 15 is 0 Å². The Balaban J connectivity index is 1.20. The number of hydrogen-bond acceptors (Lipinski definition) is 10. The highest BCUT2D eigenvalue weighted by Crippen LogP contribution is 2.35. The van der Waals surface area contributed by atoms with Crippen molar-refractivity contribution in [3.8, 4) is 28.3 Å². The van der Waals surface area contributed by atoms with Gasteiger partial charge in [-0.2, -0.15) is 4.98 Å². The van der Waals surface area contributed by atoms with Gasteiger partial charge in [0.2, 0.25) is 0 Å². The number of likely N-dealkylation sites (tertiary alicyclic amines) is 1. The van der Waals surface area contributed by atoms with Crippen LogP contribution in [0.2, 0.25) is 25.7 Å². The molecule has 2 amide bonds. The second-order valence-electron chi connectivity index (χ2n) is 18.1. The fourth-order valence-electron chi connectivity index (χ4n) is 6.49. The summed E-state index contributed by atoms with van der Waals surface area (Å²) in [5.74, 6) is 0.792. The quantitative estimate of drug-likeness (QED) is 0.0960. The highest BCUT2D eigenvalue weighted by molar-refractivity contribution is 6.76. The van der Waals surface area contributed by atoms with Crippen molar-refractivity contribution in [2.75, 3.05) is 19.7 Å². The monoisotopic (exact) mass is 795 g/mol. The second-order valence-corrected chi connectivity index (χ2v) is 23.7. The first kappa shape index (κ1) is 41.5. The highest BCUT2D eigenvalue weighted by atomic mass is 28.3. The van der Waals surface area contributed by atoms with Crippen LogP contribution in [0, 0.1) is 6.92 Å². The lowest BCUT2D eigenvalue weighted by molar-refractivity contribution is 0.0126. The normalized spacial score (nSPS) is 14.2. The van der Waals surface area contributed by atoms with E-state index in [1.807, 2.05) is 72.7 Å². The molecule has 6 rings (SSSR count). The zero-order chi connectivity index (χ0) is 41.1. The van der Waals surface area contributed by atoms with Gasteiger partial charge in [0.15, 0.2) is 5.82 Å². The molecule has 1 fully saturated rings. The molecule has 0 saturated carbocycles. The largest absolute Gasteiger partial charge is 0.490 e. The zero-order valence-corrected chi connectivity index (χ0v) is 36.1. The minimum Gasteiger partial charge on any atom is -0.490 e. The molecule has 1 N–H and O–H groups in total. The minimum atomic E-state index is -1.29. The molecule has 0 atom stereocenters. The van der Waals surface area contributed by atoms with E-state index in [4.69, 9.17) is 28.7 Å². The van der Waals surface area contributed by atoms with Crippen molar-refractivity contribution >= 4 is 31.1 Å². The third-order valence-corrected chi connectivity index (χ3v) is 11.5. The summed E-state index contributed by atoms with van der Waals surface area (Å²) in [6.07, 6.45) is 2.81. The molecule has 1 saturated heterocycles. The summed E-state index contributed by atoms with van der Waals surface area (Å²) in [6.45, 7) is 23.1. The van der Waals surface area contributed by atoms with Gasteiger partial charge in [-0.05, 0) is 86.8 Å². The predicted molar refractivity (Wildman–Crippen MR) is 223 cm³/mol. The molecule has 4 heterocycles. The van der Waals surface area contributed by atoms with Crippen molar-refractivity contribution in [3.05, 3.63) is 77.7 Å². The van der Waals surface area contributed by atoms with Crippen molar-refractivity contribution in [3.63, 3.8) is 0 Å². The molecule has 0 radical (unpaired) electrons. The molecule has 1 aliphatic heterocycles. The number of nitrogens with zero attached hydrogens (tertiary/aromatic N) is 6. The number of ether oxygens (including phenoxy) is 3. The van der Waals surface area contributed by atoms with Crippen LogP contribution in [-0.4, -0.2) is 81.1 Å². The lowest BCUT2D eigenvalue weighted by atomic mass is 9.96. The van der Waals surface area contributed by atoms with Crippen LogP contribution in [0.5, 0.6) is 5.75 Å².